The Morgan fingerprint density at radius 2 is 1.43 bits per heavy atom. The first-order valence-electron chi connectivity index (χ1n) is 11.6. The van der Waals surface area contributed by atoms with Crippen molar-refractivity contribution in [3.05, 3.63) is 71.0 Å². The van der Waals surface area contributed by atoms with E-state index in [1.165, 1.54) is 12.1 Å². The Labute approximate surface area is 213 Å². The van der Waals surface area contributed by atoms with Crippen LogP contribution in [-0.4, -0.2) is 22.1 Å². The third-order valence-corrected chi connectivity index (χ3v) is 6.82. The number of hydrogen-bond donors (Lipinski definition) is 2. The number of alkyl halides is 6. The number of aromatic nitrogens is 2. The molecule has 11 heteroatoms. The van der Waals surface area contributed by atoms with Gasteiger partial charge in [-0.05, 0) is 62.1 Å². The molecule has 0 radical (unpaired) electrons. The number of pyridine rings is 2. The quantitative estimate of drug-likeness (QED) is 0.257. The molecule has 2 N–H and O–H groups in total. The topological polar surface area (TPSA) is 49.8 Å². The zero-order chi connectivity index (χ0) is 26.4. The highest BCUT2D eigenvalue weighted by atomic mass is 35.5. The summed E-state index contributed by atoms with van der Waals surface area (Å²) in [5.74, 6) is 0. The van der Waals surface area contributed by atoms with E-state index in [1.807, 2.05) is 12.1 Å². The average molecular weight is 539 g/mol. The summed E-state index contributed by atoms with van der Waals surface area (Å²) in [6.45, 7) is 0. The smallest absolute Gasteiger partial charge is 0.382 e. The minimum atomic E-state index is -4.89. The lowest BCUT2D eigenvalue weighted by Gasteiger charge is -2.31. The molecule has 5 rings (SSSR count). The van der Waals surface area contributed by atoms with Crippen LogP contribution in [0.15, 0.2) is 54.7 Å². The van der Waals surface area contributed by atoms with Crippen molar-refractivity contribution in [2.24, 2.45) is 0 Å². The second kappa shape index (κ2) is 9.55. The zero-order valence-corrected chi connectivity index (χ0v) is 20.0. The van der Waals surface area contributed by atoms with Gasteiger partial charge in [0, 0.05) is 45.5 Å². The lowest BCUT2D eigenvalue weighted by molar-refractivity contribution is -0.142. The molecule has 0 unspecified atom stereocenters. The number of benzene rings is 2. The van der Waals surface area contributed by atoms with Gasteiger partial charge in [0.25, 0.3) is 0 Å². The predicted molar refractivity (Wildman–Crippen MR) is 132 cm³/mol. The number of fused-ring (bicyclic) bond motifs is 2. The van der Waals surface area contributed by atoms with Crippen molar-refractivity contribution < 1.29 is 26.3 Å². The van der Waals surface area contributed by atoms with Crippen LogP contribution in [0.25, 0.3) is 21.8 Å². The molecular formula is C26H21ClF6N4. The number of nitrogens with one attached hydrogen (secondary N) is 2. The molecule has 0 spiro atoms. The predicted octanol–water partition coefficient (Wildman–Crippen LogP) is 8.31. The van der Waals surface area contributed by atoms with E-state index < -0.39 is 29.1 Å². The summed E-state index contributed by atoms with van der Waals surface area (Å²) in [5.41, 5.74) is -1.61. The molecule has 0 bridgehead atoms. The molecule has 4 aromatic rings. The van der Waals surface area contributed by atoms with E-state index >= 15 is 0 Å². The molecule has 2 aromatic heterocycles. The summed E-state index contributed by atoms with van der Waals surface area (Å²) in [7, 11) is 0. The molecule has 0 amide bonds. The fourth-order valence-corrected chi connectivity index (χ4v) is 4.98. The van der Waals surface area contributed by atoms with Gasteiger partial charge in [-0.2, -0.15) is 26.3 Å². The van der Waals surface area contributed by atoms with Crippen LogP contribution in [0, 0.1) is 0 Å². The first-order valence-corrected chi connectivity index (χ1v) is 12.0. The van der Waals surface area contributed by atoms with Gasteiger partial charge in [-0.25, -0.2) is 4.98 Å². The standard InChI is InChI=1S/C26H21ClF6N4/c27-14-4-9-17-20(10-11-34-21(17)12-14)35-15-5-7-16(8-6-15)36-22-13-23(26(31,32)33)37-24-18(22)2-1-3-19(24)25(28,29)30/h1-4,9-13,15-16H,5-8H2,(H,34,35)(H,36,37). The molecule has 37 heavy (non-hydrogen) atoms. The van der Waals surface area contributed by atoms with E-state index in [1.54, 1.807) is 18.3 Å². The van der Waals surface area contributed by atoms with Gasteiger partial charge < -0.3 is 10.6 Å². The van der Waals surface area contributed by atoms with E-state index in [4.69, 9.17) is 11.6 Å². The summed E-state index contributed by atoms with van der Waals surface area (Å²) < 4.78 is 81.1. The second-order valence-electron chi connectivity index (χ2n) is 9.11. The number of hydrogen-bond acceptors (Lipinski definition) is 4. The Morgan fingerprint density at radius 1 is 0.757 bits per heavy atom. The molecular weight excluding hydrogens is 518 g/mol. The van der Waals surface area contributed by atoms with Crippen LogP contribution in [0.2, 0.25) is 5.02 Å². The third-order valence-electron chi connectivity index (χ3n) is 6.59. The van der Waals surface area contributed by atoms with Crippen LogP contribution in [0.3, 0.4) is 0 Å². The Balaban J connectivity index is 1.36. The molecule has 0 aliphatic heterocycles. The molecule has 1 aliphatic rings. The largest absolute Gasteiger partial charge is 0.433 e. The number of para-hydroxylation sites is 1. The Kier molecular flexibility index (Phi) is 6.55. The normalized spacial score (nSPS) is 18.8. The lowest BCUT2D eigenvalue weighted by atomic mass is 9.90. The first-order chi connectivity index (χ1) is 17.5. The molecule has 2 aromatic carbocycles. The van der Waals surface area contributed by atoms with E-state index in [2.05, 4.69) is 20.6 Å². The molecule has 0 saturated heterocycles. The summed E-state index contributed by atoms with van der Waals surface area (Å²) >= 11 is 6.06. The highest BCUT2D eigenvalue weighted by Gasteiger charge is 2.37. The van der Waals surface area contributed by atoms with Crippen LogP contribution < -0.4 is 10.6 Å². The maximum Gasteiger partial charge on any atom is 0.433 e. The highest BCUT2D eigenvalue weighted by Crippen LogP contribution is 2.40. The molecule has 4 nitrogen and oxygen atoms in total. The number of halogens is 7. The Hall–Kier alpha value is -3.27. The van der Waals surface area contributed by atoms with Gasteiger partial charge in [0.15, 0.2) is 0 Å². The minimum Gasteiger partial charge on any atom is -0.382 e. The van der Waals surface area contributed by atoms with Crippen molar-refractivity contribution in [1.82, 2.24) is 9.97 Å². The Morgan fingerprint density at radius 3 is 2.08 bits per heavy atom. The number of anilines is 2. The van der Waals surface area contributed by atoms with Crippen molar-refractivity contribution in [2.75, 3.05) is 10.6 Å². The van der Waals surface area contributed by atoms with Crippen molar-refractivity contribution in [2.45, 2.75) is 50.1 Å². The summed E-state index contributed by atoms with van der Waals surface area (Å²) in [5, 5.41) is 8.11. The van der Waals surface area contributed by atoms with Gasteiger partial charge in [0.05, 0.1) is 16.6 Å². The van der Waals surface area contributed by atoms with Gasteiger partial charge >= 0.3 is 12.4 Å². The SMILES string of the molecule is FC(F)(F)c1cc(NC2CCC(Nc3ccnc4cc(Cl)ccc34)CC2)c2cccc(C(F)(F)F)c2n1. The lowest BCUT2D eigenvalue weighted by Crippen LogP contribution is -2.32. The summed E-state index contributed by atoms with van der Waals surface area (Å²) in [6.07, 6.45) is -5.35. The zero-order valence-electron chi connectivity index (χ0n) is 19.2. The van der Waals surface area contributed by atoms with Gasteiger partial charge in [-0.3, -0.25) is 4.98 Å². The third kappa shape index (κ3) is 5.39. The maximum absolute atomic E-state index is 13.5. The van der Waals surface area contributed by atoms with Crippen molar-refractivity contribution in [1.29, 1.82) is 0 Å². The van der Waals surface area contributed by atoms with Crippen molar-refractivity contribution >= 4 is 44.8 Å². The van der Waals surface area contributed by atoms with E-state index in [9.17, 15) is 26.3 Å². The Bertz CT molecular complexity index is 1450. The van der Waals surface area contributed by atoms with Gasteiger partial charge in [-0.15, -0.1) is 0 Å². The van der Waals surface area contributed by atoms with Gasteiger partial charge in [0.1, 0.15) is 5.69 Å². The molecule has 0 atom stereocenters. The van der Waals surface area contributed by atoms with Crippen molar-refractivity contribution in [3.63, 3.8) is 0 Å². The van der Waals surface area contributed by atoms with Crippen LogP contribution in [0.5, 0.6) is 0 Å². The van der Waals surface area contributed by atoms with Gasteiger partial charge in [0.2, 0.25) is 0 Å². The number of nitrogens with zero attached hydrogens (tertiary/aromatic N) is 2. The fraction of sp³-hybridized carbons (Fsp3) is 0.308. The monoisotopic (exact) mass is 538 g/mol. The minimum absolute atomic E-state index is 0.00293. The van der Waals surface area contributed by atoms with E-state index in [0.29, 0.717) is 17.9 Å². The molecule has 1 fully saturated rings. The maximum atomic E-state index is 13.5. The van der Waals surface area contributed by atoms with E-state index in [0.717, 1.165) is 41.6 Å². The average Bonchev–Trinajstić information content (AvgIpc) is 2.83. The summed E-state index contributed by atoms with van der Waals surface area (Å²) in [4.78, 5) is 7.68. The highest BCUT2D eigenvalue weighted by molar-refractivity contribution is 6.31. The number of rotatable bonds is 4. The van der Waals surface area contributed by atoms with E-state index in [-0.39, 0.29) is 23.2 Å². The fourth-order valence-electron chi connectivity index (χ4n) is 4.81. The first kappa shape index (κ1) is 25.4. The molecule has 194 valence electrons. The van der Waals surface area contributed by atoms with Crippen LogP contribution >= 0.6 is 11.6 Å². The van der Waals surface area contributed by atoms with Crippen LogP contribution in [-0.2, 0) is 12.4 Å². The molecule has 1 saturated carbocycles. The van der Waals surface area contributed by atoms with Gasteiger partial charge in [-0.1, -0.05) is 23.7 Å². The van der Waals surface area contributed by atoms with Crippen LogP contribution in [0.1, 0.15) is 36.9 Å². The second-order valence-corrected chi connectivity index (χ2v) is 9.55. The van der Waals surface area contributed by atoms with Crippen LogP contribution in [0.4, 0.5) is 37.7 Å². The molecule has 1 aliphatic carbocycles. The van der Waals surface area contributed by atoms with Crippen molar-refractivity contribution in [3.8, 4) is 0 Å². The summed E-state index contributed by atoms with van der Waals surface area (Å²) in [6, 6.07) is 11.3. The molecule has 2 heterocycles.